The van der Waals surface area contributed by atoms with Crippen molar-refractivity contribution in [2.75, 3.05) is 19.4 Å². The second-order valence-corrected chi connectivity index (χ2v) is 9.16. The van der Waals surface area contributed by atoms with E-state index in [0.29, 0.717) is 35.0 Å². The maximum Gasteiger partial charge on any atom is 0.254 e. The molecule has 4 aromatic rings. The van der Waals surface area contributed by atoms with Gasteiger partial charge in [-0.1, -0.05) is 12.1 Å². The predicted octanol–water partition coefficient (Wildman–Crippen LogP) is 3.03. The van der Waals surface area contributed by atoms with E-state index in [-0.39, 0.29) is 18.9 Å². The third-order valence-electron chi connectivity index (χ3n) is 6.91. The number of nitrogen functional groups attached to an aromatic ring is 1. The number of imide groups is 1. The summed E-state index contributed by atoms with van der Waals surface area (Å²) < 4.78 is 11.4. The monoisotopic (exact) mass is 482 g/mol. The maximum atomic E-state index is 13.2. The van der Waals surface area contributed by atoms with Crippen molar-refractivity contribution in [2.45, 2.75) is 18.4 Å². The molecule has 1 saturated heterocycles. The number of amides is 3. The lowest BCUT2D eigenvalue weighted by atomic mass is 9.82. The average Bonchev–Trinajstić information content (AvgIpc) is 3.53. The summed E-state index contributed by atoms with van der Waals surface area (Å²) in [4.78, 5) is 44.5. The summed E-state index contributed by atoms with van der Waals surface area (Å²) in [5.41, 5.74) is 8.10. The number of nitrogens with two attached hydrogens (primary N) is 1. The number of nitrogens with one attached hydrogen (secondary N) is 1. The summed E-state index contributed by atoms with van der Waals surface area (Å²) in [5, 5.41) is 3.18. The highest BCUT2D eigenvalue weighted by Crippen LogP contribution is 2.40. The fraction of sp³-hybridized carbons (Fsp3) is 0.185. The first-order valence-electron chi connectivity index (χ1n) is 11.4. The molecular formula is C27H22N4O5. The topological polar surface area (TPSA) is 128 Å². The third kappa shape index (κ3) is 3.39. The van der Waals surface area contributed by atoms with Gasteiger partial charge in [-0.3, -0.25) is 19.7 Å². The van der Waals surface area contributed by atoms with Crippen molar-refractivity contribution in [3.63, 3.8) is 0 Å². The van der Waals surface area contributed by atoms with Gasteiger partial charge in [-0.25, -0.2) is 4.98 Å². The van der Waals surface area contributed by atoms with Crippen LogP contribution in [0.1, 0.15) is 28.1 Å². The molecule has 0 radical (unpaired) electrons. The van der Waals surface area contributed by atoms with E-state index >= 15 is 0 Å². The number of ether oxygens (including phenoxy) is 1. The largest absolute Gasteiger partial charge is 0.497 e. The van der Waals surface area contributed by atoms with E-state index < -0.39 is 17.2 Å². The molecule has 0 aliphatic carbocycles. The lowest BCUT2D eigenvalue weighted by Crippen LogP contribution is -2.46. The summed E-state index contributed by atoms with van der Waals surface area (Å²) in [5.74, 6) is 0.258. The molecule has 0 unspecified atom stereocenters. The first-order chi connectivity index (χ1) is 17.4. The number of hydrogen-bond donors (Lipinski definition) is 2. The summed E-state index contributed by atoms with van der Waals surface area (Å²) in [6.45, 7) is 0.338. The van der Waals surface area contributed by atoms with Crippen LogP contribution in [0.2, 0.25) is 0 Å². The highest BCUT2D eigenvalue weighted by atomic mass is 16.5. The Morgan fingerprint density at radius 3 is 2.64 bits per heavy atom. The van der Waals surface area contributed by atoms with Gasteiger partial charge in [0.05, 0.1) is 13.5 Å². The molecule has 2 aliphatic heterocycles. The average molecular weight is 482 g/mol. The van der Waals surface area contributed by atoms with Gasteiger partial charge in [-0.05, 0) is 53.6 Å². The Bertz CT molecular complexity index is 1560. The molecular weight excluding hydrogens is 460 g/mol. The van der Waals surface area contributed by atoms with Crippen molar-refractivity contribution in [3.8, 4) is 16.9 Å². The number of nitrogens with zero attached hydrogens (tertiary/aromatic N) is 2. The fourth-order valence-electron chi connectivity index (χ4n) is 5.01. The van der Waals surface area contributed by atoms with Gasteiger partial charge in [0.2, 0.25) is 11.8 Å². The van der Waals surface area contributed by atoms with Gasteiger partial charge in [0.25, 0.3) is 5.91 Å². The lowest BCUT2D eigenvalue weighted by Gasteiger charge is -2.28. The summed E-state index contributed by atoms with van der Waals surface area (Å²) in [6, 6.07) is 16.3. The van der Waals surface area contributed by atoms with Gasteiger partial charge in [-0.2, -0.15) is 0 Å². The van der Waals surface area contributed by atoms with E-state index in [4.69, 9.17) is 14.9 Å². The molecule has 2 aromatic carbocycles. The summed E-state index contributed by atoms with van der Waals surface area (Å²) in [7, 11) is 1.54. The number of benzene rings is 2. The number of hydrogen-bond acceptors (Lipinski definition) is 7. The number of furan rings is 1. The van der Waals surface area contributed by atoms with Gasteiger partial charge >= 0.3 is 0 Å². The molecule has 0 spiro atoms. The molecule has 36 heavy (non-hydrogen) atoms. The number of anilines is 1. The Kier molecular flexibility index (Phi) is 4.82. The van der Waals surface area contributed by atoms with Crippen molar-refractivity contribution >= 4 is 34.5 Å². The van der Waals surface area contributed by atoms with E-state index in [0.717, 1.165) is 22.1 Å². The Morgan fingerprint density at radius 1 is 1.08 bits per heavy atom. The molecule has 2 aromatic heterocycles. The molecule has 9 heteroatoms. The van der Waals surface area contributed by atoms with Gasteiger partial charge in [0.15, 0.2) is 0 Å². The smallest absolute Gasteiger partial charge is 0.254 e. The van der Waals surface area contributed by atoms with Gasteiger partial charge in [0.1, 0.15) is 28.3 Å². The van der Waals surface area contributed by atoms with Crippen LogP contribution in [-0.2, 0) is 21.5 Å². The molecule has 4 heterocycles. The van der Waals surface area contributed by atoms with Crippen LogP contribution in [0.4, 0.5) is 5.82 Å². The van der Waals surface area contributed by atoms with E-state index in [1.165, 1.54) is 0 Å². The Labute approximate surface area is 205 Å². The highest BCUT2D eigenvalue weighted by Gasteiger charge is 2.53. The van der Waals surface area contributed by atoms with E-state index in [9.17, 15) is 14.4 Å². The van der Waals surface area contributed by atoms with Crippen molar-refractivity contribution in [3.05, 3.63) is 77.7 Å². The van der Waals surface area contributed by atoms with Crippen LogP contribution in [0.25, 0.3) is 22.1 Å². The van der Waals surface area contributed by atoms with Crippen LogP contribution < -0.4 is 15.8 Å². The first kappa shape index (κ1) is 21.8. The van der Waals surface area contributed by atoms with Gasteiger partial charge in [0, 0.05) is 35.8 Å². The minimum absolute atomic E-state index is 0.00889. The fourth-order valence-corrected chi connectivity index (χ4v) is 5.01. The molecule has 3 N–H and O–H groups in total. The molecule has 0 saturated carbocycles. The zero-order chi connectivity index (χ0) is 25.0. The molecule has 6 rings (SSSR count). The second-order valence-electron chi connectivity index (χ2n) is 9.16. The Hall–Kier alpha value is -4.66. The quantitative estimate of drug-likeness (QED) is 0.419. The molecule has 9 nitrogen and oxygen atoms in total. The van der Waals surface area contributed by atoms with Crippen molar-refractivity contribution in [1.29, 1.82) is 0 Å². The minimum Gasteiger partial charge on any atom is -0.497 e. The Balaban J connectivity index is 1.38. The van der Waals surface area contributed by atoms with Gasteiger partial charge in [-0.15, -0.1) is 0 Å². The van der Waals surface area contributed by atoms with Crippen molar-refractivity contribution in [1.82, 2.24) is 15.2 Å². The van der Waals surface area contributed by atoms with E-state index in [2.05, 4.69) is 10.3 Å². The first-order valence-corrected chi connectivity index (χ1v) is 11.4. The second kappa shape index (κ2) is 7.94. The number of fused-ring (bicyclic) bond motifs is 2. The maximum absolute atomic E-state index is 13.2. The van der Waals surface area contributed by atoms with Crippen LogP contribution in [0, 0.1) is 0 Å². The molecule has 1 atom stereocenters. The van der Waals surface area contributed by atoms with Crippen LogP contribution in [0.3, 0.4) is 0 Å². The zero-order valence-electron chi connectivity index (χ0n) is 19.4. The highest BCUT2D eigenvalue weighted by molar-refractivity contribution is 6.10. The molecule has 1 fully saturated rings. The van der Waals surface area contributed by atoms with Gasteiger partial charge < -0.3 is 19.8 Å². The molecule has 3 amide bonds. The Morgan fingerprint density at radius 2 is 1.92 bits per heavy atom. The summed E-state index contributed by atoms with van der Waals surface area (Å²) in [6.07, 6.45) is 1.58. The number of rotatable bonds is 5. The number of carbonyl (C=O) groups excluding carboxylic acids is 3. The van der Waals surface area contributed by atoms with E-state index in [1.54, 1.807) is 42.5 Å². The van der Waals surface area contributed by atoms with Crippen molar-refractivity contribution < 1.29 is 23.5 Å². The van der Waals surface area contributed by atoms with E-state index in [1.807, 2.05) is 30.3 Å². The number of pyridine rings is 1. The molecule has 0 bridgehead atoms. The molecule has 180 valence electrons. The predicted molar refractivity (Wildman–Crippen MR) is 131 cm³/mol. The number of aromatic nitrogens is 1. The normalized spacial score (nSPS) is 19.1. The number of carbonyl (C=O) groups is 3. The standard InChI is InChI=1S/C27H22N4O5/c1-35-19-5-2-17-13-31(25(33)20(17)10-19)14-27(11-24(32)30-26(27)34)22-9-18-8-15(3-6-21(18)36-22)16-4-7-23(28)29-12-16/h2-10,12H,11,13-14H2,1H3,(H2,28,29)(H,30,32,34)/t27-/m1/s1. The zero-order valence-corrected chi connectivity index (χ0v) is 19.4. The summed E-state index contributed by atoms with van der Waals surface area (Å²) >= 11 is 0. The lowest BCUT2D eigenvalue weighted by molar-refractivity contribution is -0.127. The van der Waals surface area contributed by atoms with Crippen LogP contribution in [0.5, 0.6) is 5.75 Å². The number of methoxy groups -OCH3 is 1. The van der Waals surface area contributed by atoms with Crippen LogP contribution in [0.15, 0.2) is 65.2 Å². The van der Waals surface area contributed by atoms with Crippen LogP contribution in [-0.4, -0.2) is 41.3 Å². The third-order valence-corrected chi connectivity index (χ3v) is 6.91. The minimum atomic E-state index is -1.33. The molecule has 2 aliphatic rings. The van der Waals surface area contributed by atoms with Crippen LogP contribution >= 0.6 is 0 Å². The SMILES string of the molecule is COc1ccc2c(c1)C(=O)N(C[C@@]1(c3cc4cc(-c5ccc(N)nc5)ccc4o3)CC(=O)NC1=O)C2. The van der Waals surface area contributed by atoms with Crippen molar-refractivity contribution in [2.24, 2.45) is 0 Å².